The zero-order chi connectivity index (χ0) is 21.8. The fourth-order valence-electron chi connectivity index (χ4n) is 4.18. The summed E-state index contributed by atoms with van der Waals surface area (Å²) in [6, 6.07) is -0.459. The molecule has 2 atom stereocenters. The minimum atomic E-state index is -4.50. The summed E-state index contributed by atoms with van der Waals surface area (Å²) in [5, 5.41) is 3.90. The largest absolute Gasteiger partial charge is 0.408 e. The number of halogens is 3. The first-order valence-corrected chi connectivity index (χ1v) is 10.4. The highest BCUT2D eigenvalue weighted by atomic mass is 19.4. The molecule has 1 saturated heterocycles. The van der Waals surface area contributed by atoms with Gasteiger partial charge in [0.05, 0.1) is 19.3 Å². The van der Waals surface area contributed by atoms with Crippen molar-refractivity contribution in [3.63, 3.8) is 0 Å². The van der Waals surface area contributed by atoms with Crippen LogP contribution in [0.2, 0.25) is 0 Å². The molecular weight excluding hydrogens is 417 g/mol. The fourth-order valence-corrected chi connectivity index (χ4v) is 4.18. The van der Waals surface area contributed by atoms with E-state index in [2.05, 4.69) is 15.1 Å². The van der Waals surface area contributed by atoms with Crippen LogP contribution >= 0.6 is 0 Å². The van der Waals surface area contributed by atoms with E-state index in [9.17, 15) is 18.0 Å². The minimum absolute atomic E-state index is 0.0269. The van der Waals surface area contributed by atoms with Crippen LogP contribution in [0.25, 0.3) is 0 Å². The Morgan fingerprint density at radius 3 is 2.71 bits per heavy atom. The van der Waals surface area contributed by atoms with Crippen molar-refractivity contribution in [2.45, 2.75) is 63.5 Å². The van der Waals surface area contributed by atoms with Crippen LogP contribution in [-0.4, -0.2) is 57.7 Å². The molecule has 3 aliphatic rings. The average Bonchev–Trinajstić information content (AvgIpc) is 3.47. The summed E-state index contributed by atoms with van der Waals surface area (Å²) in [7, 11) is 0. The Morgan fingerprint density at radius 2 is 2.00 bits per heavy atom. The number of fused-ring (bicyclic) bond motifs is 1. The lowest BCUT2D eigenvalue weighted by atomic mass is 10.1. The standard InChI is InChI=1S/C19H23F3N6O3/c1-11-10-30-7-6-26(11)14-8-16(29)27-5-4-13(19(20,21)22)28(18(27)23-14)9-15-24-17(25-31-15)12-2-3-12/h8,11-13H,2-7,9-10H2,1H3/t11-,13?/m1/s1. The van der Waals surface area contributed by atoms with Gasteiger partial charge in [0.2, 0.25) is 11.8 Å². The number of morpholine rings is 1. The smallest absolute Gasteiger partial charge is 0.377 e. The van der Waals surface area contributed by atoms with Gasteiger partial charge in [0.25, 0.3) is 5.56 Å². The molecule has 0 amide bonds. The van der Waals surface area contributed by atoms with Gasteiger partial charge in [0.15, 0.2) is 5.82 Å². The molecule has 1 aliphatic carbocycles. The number of ether oxygens (including phenoxy) is 1. The number of anilines is 2. The highest BCUT2D eigenvalue weighted by Crippen LogP contribution is 2.39. The van der Waals surface area contributed by atoms with E-state index < -0.39 is 12.2 Å². The van der Waals surface area contributed by atoms with Gasteiger partial charge in [-0.15, -0.1) is 0 Å². The fraction of sp³-hybridized carbons (Fsp3) is 0.684. The molecule has 168 valence electrons. The third kappa shape index (κ3) is 3.88. The van der Waals surface area contributed by atoms with E-state index >= 15 is 0 Å². The molecular formula is C19H23F3N6O3. The van der Waals surface area contributed by atoms with Gasteiger partial charge in [-0.05, 0) is 26.2 Å². The van der Waals surface area contributed by atoms with E-state index in [-0.39, 0.29) is 48.9 Å². The zero-order valence-electron chi connectivity index (χ0n) is 17.0. The van der Waals surface area contributed by atoms with Crippen molar-refractivity contribution in [1.29, 1.82) is 0 Å². The van der Waals surface area contributed by atoms with E-state index in [1.54, 1.807) is 0 Å². The lowest BCUT2D eigenvalue weighted by molar-refractivity contribution is -0.153. The first-order chi connectivity index (χ1) is 14.8. The van der Waals surface area contributed by atoms with Crippen molar-refractivity contribution >= 4 is 11.8 Å². The molecule has 0 spiro atoms. The zero-order valence-corrected chi connectivity index (χ0v) is 17.0. The number of aromatic nitrogens is 4. The summed E-state index contributed by atoms with van der Waals surface area (Å²) < 4.78 is 53.6. The Morgan fingerprint density at radius 1 is 1.19 bits per heavy atom. The SMILES string of the molecule is C[C@@H]1COCCN1c1cc(=O)n2c(n1)N(Cc1nc(C3CC3)no1)C(C(F)(F)F)CC2. The number of rotatable bonds is 4. The molecule has 9 nitrogen and oxygen atoms in total. The Hall–Kier alpha value is -2.63. The summed E-state index contributed by atoms with van der Waals surface area (Å²) in [6.07, 6.45) is -2.84. The lowest BCUT2D eigenvalue weighted by Crippen LogP contribution is -2.52. The van der Waals surface area contributed by atoms with Crippen molar-refractivity contribution in [3.8, 4) is 0 Å². The summed E-state index contributed by atoms with van der Waals surface area (Å²) in [5.74, 6) is 1.16. The molecule has 1 saturated carbocycles. The molecule has 1 unspecified atom stereocenters. The summed E-state index contributed by atoms with van der Waals surface area (Å²) in [5.41, 5.74) is -0.381. The second-order valence-corrected chi connectivity index (χ2v) is 8.32. The second-order valence-electron chi connectivity index (χ2n) is 8.32. The monoisotopic (exact) mass is 440 g/mol. The number of hydrogen-bond donors (Lipinski definition) is 0. The predicted octanol–water partition coefficient (Wildman–Crippen LogP) is 2.07. The molecule has 4 heterocycles. The van der Waals surface area contributed by atoms with E-state index in [1.165, 1.54) is 10.6 Å². The van der Waals surface area contributed by atoms with Gasteiger partial charge >= 0.3 is 6.18 Å². The van der Waals surface area contributed by atoms with Crippen LogP contribution in [0, 0.1) is 0 Å². The molecule has 0 N–H and O–H groups in total. The van der Waals surface area contributed by atoms with Gasteiger partial charge < -0.3 is 19.1 Å². The first kappa shape index (κ1) is 20.3. The number of nitrogens with zero attached hydrogens (tertiary/aromatic N) is 6. The third-order valence-corrected chi connectivity index (χ3v) is 6.01. The normalized spacial score (nSPS) is 24.4. The van der Waals surface area contributed by atoms with Crippen LogP contribution in [-0.2, 0) is 17.8 Å². The van der Waals surface area contributed by atoms with E-state index in [0.29, 0.717) is 31.4 Å². The quantitative estimate of drug-likeness (QED) is 0.714. The molecule has 2 aliphatic heterocycles. The van der Waals surface area contributed by atoms with Crippen molar-refractivity contribution in [3.05, 3.63) is 28.1 Å². The maximum Gasteiger partial charge on any atom is 0.408 e. The third-order valence-electron chi connectivity index (χ3n) is 6.01. The topological polar surface area (TPSA) is 89.5 Å². The van der Waals surface area contributed by atoms with Gasteiger partial charge in [-0.25, -0.2) is 0 Å². The first-order valence-electron chi connectivity index (χ1n) is 10.4. The Balaban J connectivity index is 1.54. The minimum Gasteiger partial charge on any atom is -0.377 e. The van der Waals surface area contributed by atoms with Crippen molar-refractivity contribution in [2.75, 3.05) is 29.6 Å². The molecule has 2 fully saturated rings. The maximum atomic E-state index is 13.9. The maximum absolute atomic E-state index is 13.9. The predicted molar refractivity (Wildman–Crippen MR) is 103 cm³/mol. The highest BCUT2D eigenvalue weighted by Gasteiger charge is 2.47. The van der Waals surface area contributed by atoms with Crippen molar-refractivity contribution in [2.24, 2.45) is 0 Å². The van der Waals surface area contributed by atoms with Crippen LogP contribution in [0.3, 0.4) is 0 Å². The van der Waals surface area contributed by atoms with E-state index in [0.717, 1.165) is 17.7 Å². The molecule has 2 aromatic rings. The van der Waals surface area contributed by atoms with Gasteiger partial charge in [-0.2, -0.15) is 23.1 Å². The number of alkyl halides is 3. The molecule has 0 radical (unpaired) electrons. The van der Waals surface area contributed by atoms with Crippen LogP contribution in [0.4, 0.5) is 24.9 Å². The van der Waals surface area contributed by atoms with Gasteiger partial charge in [0.1, 0.15) is 18.4 Å². The van der Waals surface area contributed by atoms with Crippen LogP contribution in [0.5, 0.6) is 0 Å². The highest BCUT2D eigenvalue weighted by molar-refractivity contribution is 5.47. The Kier molecular flexibility index (Phi) is 4.91. The Bertz CT molecular complexity index is 1020. The van der Waals surface area contributed by atoms with Gasteiger partial charge in [-0.3, -0.25) is 9.36 Å². The summed E-state index contributed by atoms with van der Waals surface area (Å²) >= 11 is 0. The van der Waals surface area contributed by atoms with Gasteiger partial charge in [0, 0.05) is 25.1 Å². The number of hydrogen-bond acceptors (Lipinski definition) is 8. The molecule has 0 aromatic carbocycles. The van der Waals surface area contributed by atoms with Gasteiger partial charge in [-0.1, -0.05) is 5.16 Å². The molecule has 2 aromatic heterocycles. The molecule has 5 rings (SSSR count). The summed E-state index contributed by atoms with van der Waals surface area (Å²) in [6.45, 7) is 3.03. The Labute approximate surface area is 175 Å². The van der Waals surface area contributed by atoms with Crippen LogP contribution in [0.1, 0.15) is 43.8 Å². The molecule has 12 heteroatoms. The van der Waals surface area contributed by atoms with Crippen LogP contribution in [0.15, 0.2) is 15.4 Å². The summed E-state index contributed by atoms with van der Waals surface area (Å²) in [4.78, 5) is 24.5. The van der Waals surface area contributed by atoms with Crippen molar-refractivity contribution in [1.82, 2.24) is 19.7 Å². The lowest BCUT2D eigenvalue weighted by Gasteiger charge is -2.39. The van der Waals surface area contributed by atoms with E-state index in [1.807, 2.05) is 11.8 Å². The van der Waals surface area contributed by atoms with E-state index in [4.69, 9.17) is 9.26 Å². The van der Waals surface area contributed by atoms with Crippen LogP contribution < -0.4 is 15.4 Å². The molecule has 0 bridgehead atoms. The molecule has 31 heavy (non-hydrogen) atoms. The average molecular weight is 440 g/mol. The van der Waals surface area contributed by atoms with Crippen molar-refractivity contribution < 1.29 is 22.4 Å². The second kappa shape index (κ2) is 7.50.